The molecule has 2 rings (SSSR count). The van der Waals surface area contributed by atoms with E-state index in [0.29, 0.717) is 6.42 Å². The van der Waals surface area contributed by atoms with Crippen LogP contribution in [0.2, 0.25) is 0 Å². The highest BCUT2D eigenvalue weighted by atomic mass is 15.3. The normalized spacial score (nSPS) is 16.8. The zero-order chi connectivity index (χ0) is 17.8. The van der Waals surface area contributed by atoms with Crippen LogP contribution in [0.15, 0.2) is 29.4 Å². The monoisotopic (exact) mass is 327 g/mol. The number of nitrogens with one attached hydrogen (secondary N) is 2. The van der Waals surface area contributed by atoms with E-state index < -0.39 is 0 Å². The number of benzene rings is 1. The molecule has 130 valence electrons. The van der Waals surface area contributed by atoms with Crippen molar-refractivity contribution in [1.29, 1.82) is 10.7 Å². The third kappa shape index (κ3) is 6.51. The Hall–Kier alpha value is -2.19. The van der Waals surface area contributed by atoms with Crippen LogP contribution in [0.4, 0.5) is 5.69 Å². The Morgan fingerprint density at radius 3 is 2.46 bits per heavy atom. The Morgan fingerprint density at radius 2 is 1.92 bits per heavy atom. The van der Waals surface area contributed by atoms with Crippen LogP contribution >= 0.6 is 0 Å². The molecule has 1 saturated heterocycles. The standard InChI is InChI=1S/C17H23N5.C2H6/c1-17(6-9-18)7-12-22(13-8-17)14-15-2-4-16(5-3-15)21-20-11-10-19;1-2/h2-5,10-11,19,21H,6-8,12-14H2,1H3;1-2H3/b19-10?,20-11-;. The molecule has 5 nitrogen and oxygen atoms in total. The number of piperidine rings is 1. The second kappa shape index (κ2) is 10.6. The van der Waals surface area contributed by atoms with Gasteiger partial charge in [0.25, 0.3) is 0 Å². The van der Waals surface area contributed by atoms with Crippen molar-refractivity contribution in [2.24, 2.45) is 10.5 Å². The molecule has 0 amide bonds. The molecule has 0 atom stereocenters. The maximum atomic E-state index is 8.90. The van der Waals surface area contributed by atoms with Gasteiger partial charge in [0.1, 0.15) is 0 Å². The van der Waals surface area contributed by atoms with E-state index in [4.69, 9.17) is 10.7 Å². The van der Waals surface area contributed by atoms with Gasteiger partial charge in [0.15, 0.2) is 0 Å². The van der Waals surface area contributed by atoms with Gasteiger partial charge in [-0.15, -0.1) is 0 Å². The molecule has 1 aliphatic rings. The SMILES string of the molecule is CC.CC1(CC#N)CCN(Cc2ccc(N/N=C\C=N)cc2)CC1. The molecule has 1 heterocycles. The summed E-state index contributed by atoms with van der Waals surface area (Å²) >= 11 is 0. The molecule has 0 unspecified atom stereocenters. The molecule has 5 heteroatoms. The molecule has 0 aliphatic carbocycles. The lowest BCUT2D eigenvalue weighted by Crippen LogP contribution is -2.38. The minimum atomic E-state index is 0.200. The van der Waals surface area contributed by atoms with Crippen molar-refractivity contribution in [3.63, 3.8) is 0 Å². The summed E-state index contributed by atoms with van der Waals surface area (Å²) < 4.78 is 0. The van der Waals surface area contributed by atoms with E-state index in [-0.39, 0.29) is 5.41 Å². The Bertz CT molecular complexity index is 548. The van der Waals surface area contributed by atoms with Crippen molar-refractivity contribution in [3.8, 4) is 6.07 Å². The minimum Gasteiger partial charge on any atom is -0.307 e. The topological polar surface area (TPSA) is 75.3 Å². The molecule has 1 aromatic carbocycles. The third-order valence-electron chi connectivity index (χ3n) is 4.27. The number of nitrogens with zero attached hydrogens (tertiary/aromatic N) is 3. The number of anilines is 1. The molecule has 1 fully saturated rings. The third-order valence-corrected chi connectivity index (χ3v) is 4.27. The van der Waals surface area contributed by atoms with Crippen LogP contribution in [0.5, 0.6) is 0 Å². The maximum Gasteiger partial charge on any atom is 0.0648 e. The van der Waals surface area contributed by atoms with Gasteiger partial charge in [0, 0.05) is 19.2 Å². The van der Waals surface area contributed by atoms with Crippen molar-refractivity contribution in [1.82, 2.24) is 4.90 Å². The summed E-state index contributed by atoms with van der Waals surface area (Å²) in [5, 5.41) is 19.6. The van der Waals surface area contributed by atoms with Crippen molar-refractivity contribution in [2.45, 2.75) is 46.6 Å². The molecule has 0 spiro atoms. The highest BCUT2D eigenvalue weighted by Gasteiger charge is 2.29. The van der Waals surface area contributed by atoms with Gasteiger partial charge in [-0.05, 0) is 49.0 Å². The summed E-state index contributed by atoms with van der Waals surface area (Å²) in [5.74, 6) is 0. The molecule has 0 radical (unpaired) electrons. The van der Waals surface area contributed by atoms with Crippen molar-refractivity contribution >= 4 is 18.1 Å². The average molecular weight is 327 g/mol. The van der Waals surface area contributed by atoms with Crippen molar-refractivity contribution in [3.05, 3.63) is 29.8 Å². The van der Waals surface area contributed by atoms with Gasteiger partial charge in [0.2, 0.25) is 0 Å². The highest BCUT2D eigenvalue weighted by molar-refractivity contribution is 6.14. The van der Waals surface area contributed by atoms with E-state index in [1.54, 1.807) is 0 Å². The lowest BCUT2D eigenvalue weighted by molar-refractivity contribution is 0.116. The molecule has 0 bridgehead atoms. The first-order valence-corrected chi connectivity index (χ1v) is 8.62. The van der Waals surface area contributed by atoms with Gasteiger partial charge in [-0.25, -0.2) is 0 Å². The second-order valence-corrected chi connectivity index (χ2v) is 6.18. The molecular weight excluding hydrogens is 298 g/mol. The first-order chi connectivity index (χ1) is 11.6. The zero-order valence-electron chi connectivity index (χ0n) is 15.0. The predicted molar refractivity (Wildman–Crippen MR) is 102 cm³/mol. The van der Waals surface area contributed by atoms with Gasteiger partial charge in [-0.1, -0.05) is 32.9 Å². The Balaban J connectivity index is 0.00000139. The van der Waals surface area contributed by atoms with E-state index in [9.17, 15) is 0 Å². The molecular formula is C19H29N5. The fourth-order valence-electron chi connectivity index (χ4n) is 2.71. The van der Waals surface area contributed by atoms with E-state index in [0.717, 1.165) is 44.4 Å². The molecule has 0 saturated carbocycles. The Morgan fingerprint density at radius 1 is 1.29 bits per heavy atom. The van der Waals surface area contributed by atoms with Gasteiger partial charge in [-0.2, -0.15) is 10.4 Å². The first-order valence-electron chi connectivity index (χ1n) is 8.62. The number of hydrazone groups is 1. The number of likely N-dealkylation sites (tertiary alicyclic amines) is 1. The van der Waals surface area contributed by atoms with Gasteiger partial charge in [0.05, 0.1) is 18.0 Å². The Labute approximate surface area is 145 Å². The van der Waals surface area contributed by atoms with Crippen LogP contribution in [0.25, 0.3) is 0 Å². The smallest absolute Gasteiger partial charge is 0.0648 e. The lowest BCUT2D eigenvalue weighted by Gasteiger charge is -2.38. The summed E-state index contributed by atoms with van der Waals surface area (Å²) in [7, 11) is 0. The number of rotatable bonds is 6. The summed E-state index contributed by atoms with van der Waals surface area (Å²) in [6.07, 6.45) is 5.40. The van der Waals surface area contributed by atoms with E-state index >= 15 is 0 Å². The van der Waals surface area contributed by atoms with E-state index in [1.165, 1.54) is 11.8 Å². The van der Waals surface area contributed by atoms with E-state index in [2.05, 4.69) is 40.6 Å². The first kappa shape index (κ1) is 19.9. The number of nitriles is 1. The Kier molecular flexibility index (Phi) is 8.74. The molecule has 1 aliphatic heterocycles. The molecule has 0 aromatic heterocycles. The minimum absolute atomic E-state index is 0.200. The van der Waals surface area contributed by atoms with Crippen molar-refractivity contribution in [2.75, 3.05) is 18.5 Å². The van der Waals surface area contributed by atoms with Crippen molar-refractivity contribution < 1.29 is 0 Å². The maximum absolute atomic E-state index is 8.90. The largest absolute Gasteiger partial charge is 0.307 e. The fraction of sp³-hybridized carbons (Fsp3) is 0.526. The van der Waals surface area contributed by atoms with Crippen LogP contribution < -0.4 is 5.43 Å². The lowest BCUT2D eigenvalue weighted by atomic mass is 9.78. The van der Waals surface area contributed by atoms with Crippen LogP contribution in [0.3, 0.4) is 0 Å². The van der Waals surface area contributed by atoms with Gasteiger partial charge < -0.3 is 5.41 Å². The average Bonchev–Trinajstić information content (AvgIpc) is 2.61. The van der Waals surface area contributed by atoms with E-state index in [1.807, 2.05) is 26.0 Å². The fourth-order valence-corrected chi connectivity index (χ4v) is 2.71. The number of hydrogen-bond acceptors (Lipinski definition) is 5. The van der Waals surface area contributed by atoms with Gasteiger partial charge >= 0.3 is 0 Å². The van der Waals surface area contributed by atoms with Crippen LogP contribution in [0.1, 0.15) is 45.6 Å². The molecule has 1 aromatic rings. The summed E-state index contributed by atoms with van der Waals surface area (Å²) in [5.41, 5.74) is 5.28. The number of hydrogen-bond donors (Lipinski definition) is 2. The summed E-state index contributed by atoms with van der Waals surface area (Å²) in [6.45, 7) is 9.29. The zero-order valence-corrected chi connectivity index (χ0v) is 15.0. The van der Waals surface area contributed by atoms with Crippen LogP contribution in [-0.2, 0) is 6.54 Å². The van der Waals surface area contributed by atoms with Crippen LogP contribution in [-0.4, -0.2) is 30.4 Å². The van der Waals surface area contributed by atoms with Gasteiger partial charge in [-0.3, -0.25) is 10.3 Å². The second-order valence-electron chi connectivity index (χ2n) is 6.18. The highest BCUT2D eigenvalue weighted by Crippen LogP contribution is 2.34. The quantitative estimate of drug-likeness (QED) is 0.605. The summed E-state index contributed by atoms with van der Waals surface area (Å²) in [4.78, 5) is 2.45. The summed E-state index contributed by atoms with van der Waals surface area (Å²) in [6, 6.07) is 10.5. The molecule has 24 heavy (non-hydrogen) atoms. The predicted octanol–water partition coefficient (Wildman–Crippen LogP) is 4.28. The molecule has 2 N–H and O–H groups in total. The van der Waals surface area contributed by atoms with Crippen LogP contribution in [0, 0.1) is 22.2 Å².